The molecule has 1 amide bonds. The lowest BCUT2D eigenvalue weighted by molar-refractivity contribution is -0.121. The average Bonchev–Trinajstić information content (AvgIpc) is 2.52. The van der Waals surface area contributed by atoms with Crippen LogP contribution in [-0.4, -0.2) is 52.8 Å². The van der Waals surface area contributed by atoms with Crippen molar-refractivity contribution >= 4 is 22.7 Å². The second-order valence-electron chi connectivity index (χ2n) is 6.27. The summed E-state index contributed by atoms with van der Waals surface area (Å²) in [5.41, 5.74) is 0. The first kappa shape index (κ1) is 19.9. The SMILES string of the molecule is CCS(=O)C1CCCC(NC(=NC)NCCC(=O)NC(C)C)C1. The summed E-state index contributed by atoms with van der Waals surface area (Å²) in [6.07, 6.45) is 4.58. The monoisotopic (exact) mass is 344 g/mol. The third kappa shape index (κ3) is 7.81. The summed E-state index contributed by atoms with van der Waals surface area (Å²) in [7, 11) is 1.01. The van der Waals surface area contributed by atoms with Crippen molar-refractivity contribution in [3.05, 3.63) is 0 Å². The highest BCUT2D eigenvalue weighted by Crippen LogP contribution is 2.22. The van der Waals surface area contributed by atoms with Crippen molar-refractivity contribution in [1.82, 2.24) is 16.0 Å². The van der Waals surface area contributed by atoms with Crippen molar-refractivity contribution < 1.29 is 9.00 Å². The van der Waals surface area contributed by atoms with E-state index in [1.807, 2.05) is 20.8 Å². The van der Waals surface area contributed by atoms with E-state index < -0.39 is 10.8 Å². The van der Waals surface area contributed by atoms with Crippen LogP contribution < -0.4 is 16.0 Å². The quantitative estimate of drug-likeness (QED) is 0.478. The largest absolute Gasteiger partial charge is 0.356 e. The molecule has 3 unspecified atom stereocenters. The van der Waals surface area contributed by atoms with Crippen LogP contribution >= 0.6 is 0 Å². The Hall–Kier alpha value is -1.11. The van der Waals surface area contributed by atoms with Crippen LogP contribution in [0.3, 0.4) is 0 Å². The zero-order valence-electron chi connectivity index (χ0n) is 14.9. The fourth-order valence-electron chi connectivity index (χ4n) is 2.83. The van der Waals surface area contributed by atoms with Gasteiger partial charge in [-0.25, -0.2) is 0 Å². The maximum Gasteiger partial charge on any atom is 0.221 e. The highest BCUT2D eigenvalue weighted by molar-refractivity contribution is 7.85. The van der Waals surface area contributed by atoms with Gasteiger partial charge in [-0.3, -0.25) is 14.0 Å². The number of amides is 1. The first-order valence-electron chi connectivity index (χ1n) is 8.60. The van der Waals surface area contributed by atoms with E-state index >= 15 is 0 Å². The maximum absolute atomic E-state index is 12.0. The van der Waals surface area contributed by atoms with E-state index in [4.69, 9.17) is 0 Å². The van der Waals surface area contributed by atoms with Crippen LogP contribution in [0.25, 0.3) is 0 Å². The van der Waals surface area contributed by atoms with E-state index in [1.54, 1.807) is 7.05 Å². The molecule has 3 atom stereocenters. The normalized spacial score (nSPS) is 23.4. The number of nitrogens with zero attached hydrogens (tertiary/aromatic N) is 1. The minimum absolute atomic E-state index is 0.0408. The van der Waals surface area contributed by atoms with Crippen molar-refractivity contribution in [2.24, 2.45) is 4.99 Å². The first-order valence-corrected chi connectivity index (χ1v) is 9.98. The van der Waals surface area contributed by atoms with Crippen LogP contribution in [0.15, 0.2) is 4.99 Å². The highest BCUT2D eigenvalue weighted by Gasteiger charge is 2.25. The van der Waals surface area contributed by atoms with Crippen molar-refractivity contribution in [2.75, 3.05) is 19.3 Å². The Kier molecular flexibility index (Phi) is 9.21. The van der Waals surface area contributed by atoms with Crippen molar-refractivity contribution in [2.45, 2.75) is 70.2 Å². The first-order chi connectivity index (χ1) is 11.0. The standard InChI is InChI=1S/C16H32N4O2S/c1-5-23(22)14-8-6-7-13(11-14)20-16(17-4)18-10-9-15(21)19-12(2)3/h12-14H,5-11H2,1-4H3,(H,19,21)(H2,17,18,20). The van der Waals surface area contributed by atoms with E-state index in [0.29, 0.717) is 24.3 Å². The van der Waals surface area contributed by atoms with Gasteiger partial charge in [0.2, 0.25) is 5.91 Å². The fraction of sp³-hybridized carbons (Fsp3) is 0.875. The van der Waals surface area contributed by atoms with Crippen LogP contribution in [0.2, 0.25) is 0 Å². The van der Waals surface area contributed by atoms with Crippen LogP contribution in [-0.2, 0) is 15.6 Å². The Morgan fingerprint density at radius 1 is 1.35 bits per heavy atom. The van der Waals surface area contributed by atoms with E-state index in [1.165, 1.54) is 0 Å². The maximum atomic E-state index is 12.0. The van der Waals surface area contributed by atoms with Gasteiger partial charge in [0.1, 0.15) is 0 Å². The zero-order valence-corrected chi connectivity index (χ0v) is 15.7. The molecule has 134 valence electrons. The fourth-order valence-corrected chi connectivity index (χ4v) is 4.18. The van der Waals surface area contributed by atoms with Gasteiger partial charge in [0.05, 0.1) is 0 Å². The summed E-state index contributed by atoms with van der Waals surface area (Å²) in [5.74, 6) is 1.49. The predicted octanol–water partition coefficient (Wildman–Crippen LogP) is 1.15. The van der Waals surface area contributed by atoms with Crippen molar-refractivity contribution in [3.63, 3.8) is 0 Å². The Morgan fingerprint density at radius 2 is 2.09 bits per heavy atom. The molecule has 0 aromatic heterocycles. The number of carbonyl (C=O) groups is 1. The van der Waals surface area contributed by atoms with Crippen LogP contribution in [0.5, 0.6) is 0 Å². The van der Waals surface area contributed by atoms with Gasteiger partial charge in [0, 0.05) is 53.9 Å². The Balaban J connectivity index is 2.35. The van der Waals surface area contributed by atoms with Crippen LogP contribution in [0, 0.1) is 0 Å². The van der Waals surface area contributed by atoms with E-state index in [9.17, 15) is 9.00 Å². The van der Waals surface area contributed by atoms with Gasteiger partial charge in [-0.15, -0.1) is 0 Å². The highest BCUT2D eigenvalue weighted by atomic mass is 32.2. The molecule has 0 aromatic rings. The van der Waals surface area contributed by atoms with Crippen LogP contribution in [0.1, 0.15) is 52.9 Å². The minimum atomic E-state index is -0.721. The van der Waals surface area contributed by atoms with Crippen molar-refractivity contribution in [1.29, 1.82) is 0 Å². The lowest BCUT2D eigenvalue weighted by atomic mass is 9.95. The lowest BCUT2D eigenvalue weighted by Crippen LogP contribution is -2.47. The van der Waals surface area contributed by atoms with E-state index in [0.717, 1.165) is 37.4 Å². The van der Waals surface area contributed by atoms with Gasteiger partial charge >= 0.3 is 0 Å². The number of rotatable bonds is 7. The molecule has 3 N–H and O–H groups in total. The molecule has 1 aliphatic rings. The molecule has 1 fully saturated rings. The molecule has 0 heterocycles. The molecular weight excluding hydrogens is 312 g/mol. The molecule has 0 bridgehead atoms. The topological polar surface area (TPSA) is 82.6 Å². The summed E-state index contributed by atoms with van der Waals surface area (Å²) < 4.78 is 12.0. The van der Waals surface area contributed by atoms with Gasteiger partial charge in [-0.2, -0.15) is 0 Å². The van der Waals surface area contributed by atoms with Gasteiger partial charge in [-0.1, -0.05) is 13.3 Å². The third-order valence-electron chi connectivity index (χ3n) is 3.94. The molecule has 7 heteroatoms. The number of nitrogens with one attached hydrogen (secondary N) is 3. The second kappa shape index (κ2) is 10.6. The smallest absolute Gasteiger partial charge is 0.221 e. The van der Waals surface area contributed by atoms with E-state index in [2.05, 4.69) is 20.9 Å². The van der Waals surface area contributed by atoms with Crippen LogP contribution in [0.4, 0.5) is 0 Å². The minimum Gasteiger partial charge on any atom is -0.356 e. The summed E-state index contributed by atoms with van der Waals surface area (Å²) in [6, 6.07) is 0.471. The Labute approximate surface area is 142 Å². The number of guanidine groups is 1. The molecule has 0 aliphatic heterocycles. The summed E-state index contributed by atoms with van der Waals surface area (Å²) in [4.78, 5) is 15.8. The summed E-state index contributed by atoms with van der Waals surface area (Å²) in [5, 5.41) is 9.74. The number of carbonyl (C=O) groups excluding carboxylic acids is 1. The van der Waals surface area contributed by atoms with Crippen molar-refractivity contribution in [3.8, 4) is 0 Å². The molecule has 1 rings (SSSR count). The predicted molar refractivity (Wildman–Crippen MR) is 97.1 cm³/mol. The number of aliphatic imine (C=N–C) groups is 1. The average molecular weight is 345 g/mol. The van der Waals surface area contributed by atoms with Gasteiger partial charge in [0.25, 0.3) is 0 Å². The molecule has 0 aromatic carbocycles. The third-order valence-corrected chi connectivity index (χ3v) is 5.68. The molecule has 1 aliphatic carbocycles. The number of hydrogen-bond acceptors (Lipinski definition) is 3. The molecule has 6 nitrogen and oxygen atoms in total. The molecular formula is C16H32N4O2S. The number of hydrogen-bond donors (Lipinski definition) is 3. The molecule has 0 spiro atoms. The zero-order chi connectivity index (χ0) is 17.2. The molecule has 0 radical (unpaired) electrons. The summed E-state index contributed by atoms with van der Waals surface area (Å²) >= 11 is 0. The lowest BCUT2D eigenvalue weighted by Gasteiger charge is -2.30. The van der Waals surface area contributed by atoms with E-state index in [-0.39, 0.29) is 11.9 Å². The molecule has 0 saturated heterocycles. The Morgan fingerprint density at radius 3 is 2.70 bits per heavy atom. The second-order valence-corrected chi connectivity index (χ2v) is 8.28. The van der Waals surface area contributed by atoms with Gasteiger partial charge < -0.3 is 16.0 Å². The molecule has 23 heavy (non-hydrogen) atoms. The summed E-state index contributed by atoms with van der Waals surface area (Å²) in [6.45, 7) is 6.43. The van der Waals surface area contributed by atoms with Gasteiger partial charge in [0.15, 0.2) is 5.96 Å². The Bertz CT molecular complexity index is 426. The van der Waals surface area contributed by atoms with Gasteiger partial charge in [-0.05, 0) is 33.1 Å². The molecule has 1 saturated carbocycles.